The molecule has 0 saturated heterocycles. The number of phenolic OH excluding ortho intramolecular Hbond substituents is 1. The third kappa shape index (κ3) is 6.83. The lowest BCUT2D eigenvalue weighted by atomic mass is 9.98. The Bertz CT molecular complexity index is 419. The summed E-state index contributed by atoms with van der Waals surface area (Å²) in [7, 11) is 0. The Morgan fingerprint density at radius 2 is 1.75 bits per heavy atom. The number of hydrogen-bond acceptors (Lipinski definition) is 2. The first-order valence-corrected chi connectivity index (χ1v) is 9.36. The van der Waals surface area contributed by atoms with Gasteiger partial charge < -0.3 is 9.84 Å². The highest BCUT2D eigenvalue weighted by molar-refractivity contribution is 14.1. The van der Waals surface area contributed by atoms with E-state index in [4.69, 9.17) is 4.74 Å². The molecule has 1 atom stereocenters. The fourth-order valence-corrected chi connectivity index (χ4v) is 3.06. The van der Waals surface area contributed by atoms with Crippen LogP contribution in [0.1, 0.15) is 46.5 Å². The minimum absolute atomic E-state index is 0.324. The highest BCUT2D eigenvalue weighted by Gasteiger charge is 2.08. The zero-order valence-corrected chi connectivity index (χ0v) is 16.8. The molecular weight excluding hydrogens is 478 g/mol. The van der Waals surface area contributed by atoms with Crippen molar-refractivity contribution in [1.29, 1.82) is 0 Å². The van der Waals surface area contributed by atoms with Crippen molar-refractivity contribution in [2.45, 2.75) is 46.5 Å². The molecule has 0 aliphatic rings. The second-order valence-electron chi connectivity index (χ2n) is 5.80. The molecule has 20 heavy (non-hydrogen) atoms. The van der Waals surface area contributed by atoms with Gasteiger partial charge >= 0.3 is 0 Å². The molecule has 1 aromatic carbocycles. The van der Waals surface area contributed by atoms with Gasteiger partial charge in [-0.25, -0.2) is 0 Å². The maximum atomic E-state index is 9.61. The summed E-state index contributed by atoms with van der Waals surface area (Å²) in [4.78, 5) is 0. The molecule has 0 radical (unpaired) electrons. The van der Waals surface area contributed by atoms with Gasteiger partial charge in [0.1, 0.15) is 11.5 Å². The summed E-state index contributed by atoms with van der Waals surface area (Å²) >= 11 is 4.32. The van der Waals surface area contributed by atoms with Gasteiger partial charge in [-0.05, 0) is 75.6 Å². The number of phenols is 1. The minimum atomic E-state index is 0.324. The van der Waals surface area contributed by atoms with E-state index in [0.29, 0.717) is 11.7 Å². The SMILES string of the molecule is CC(C)CCCC(C)CCOc1cc(I)c(O)cc1I. The zero-order valence-electron chi connectivity index (χ0n) is 12.5. The number of halogens is 2. The first-order chi connectivity index (χ1) is 9.40. The molecule has 0 aliphatic carbocycles. The van der Waals surface area contributed by atoms with Crippen LogP contribution in [-0.2, 0) is 0 Å². The van der Waals surface area contributed by atoms with Crippen molar-refractivity contribution in [3.8, 4) is 11.5 Å². The van der Waals surface area contributed by atoms with Crippen LogP contribution in [0, 0.1) is 19.0 Å². The standard InChI is InChI=1S/C16H24I2O2/c1-11(2)5-4-6-12(3)7-8-20-16-10-13(17)15(19)9-14(16)18/h9-12,19H,4-8H2,1-3H3. The van der Waals surface area contributed by atoms with Gasteiger partial charge in [0, 0.05) is 0 Å². The molecule has 1 aromatic rings. The molecule has 0 aromatic heterocycles. The van der Waals surface area contributed by atoms with Crippen molar-refractivity contribution in [1.82, 2.24) is 0 Å². The first-order valence-electron chi connectivity index (χ1n) is 7.21. The first kappa shape index (κ1) is 18.3. The van der Waals surface area contributed by atoms with Gasteiger partial charge in [-0.2, -0.15) is 0 Å². The lowest BCUT2D eigenvalue weighted by molar-refractivity contribution is 0.273. The molecule has 4 heteroatoms. The van der Waals surface area contributed by atoms with Crippen LogP contribution in [0.25, 0.3) is 0 Å². The van der Waals surface area contributed by atoms with Gasteiger partial charge in [0.25, 0.3) is 0 Å². The van der Waals surface area contributed by atoms with Gasteiger partial charge in [0.05, 0.1) is 13.7 Å². The third-order valence-corrected chi connectivity index (χ3v) is 5.06. The molecular formula is C16H24I2O2. The average molecular weight is 502 g/mol. The number of aromatic hydroxyl groups is 1. The molecule has 0 aliphatic heterocycles. The Kier molecular flexibility index (Phi) is 8.55. The molecule has 0 saturated carbocycles. The predicted molar refractivity (Wildman–Crippen MR) is 102 cm³/mol. The Hall–Kier alpha value is 0.280. The van der Waals surface area contributed by atoms with Gasteiger partial charge in [-0.15, -0.1) is 0 Å². The molecule has 114 valence electrons. The highest BCUT2D eigenvalue weighted by atomic mass is 127. The van der Waals surface area contributed by atoms with E-state index in [0.717, 1.165) is 31.8 Å². The lowest BCUT2D eigenvalue weighted by Gasteiger charge is -2.14. The van der Waals surface area contributed by atoms with Gasteiger partial charge in [0.15, 0.2) is 0 Å². The van der Waals surface area contributed by atoms with Crippen LogP contribution in [0.15, 0.2) is 12.1 Å². The third-order valence-electron chi connectivity index (χ3n) is 3.35. The quantitative estimate of drug-likeness (QED) is 0.454. The van der Waals surface area contributed by atoms with Crippen LogP contribution < -0.4 is 4.74 Å². The van der Waals surface area contributed by atoms with E-state index in [9.17, 15) is 5.11 Å². The van der Waals surface area contributed by atoms with Crippen molar-refractivity contribution in [3.63, 3.8) is 0 Å². The van der Waals surface area contributed by atoms with Crippen molar-refractivity contribution in [3.05, 3.63) is 19.3 Å². The molecule has 0 fully saturated rings. The maximum absolute atomic E-state index is 9.61. The van der Waals surface area contributed by atoms with Crippen molar-refractivity contribution >= 4 is 45.2 Å². The average Bonchev–Trinajstić information content (AvgIpc) is 2.35. The van der Waals surface area contributed by atoms with E-state index < -0.39 is 0 Å². The summed E-state index contributed by atoms with van der Waals surface area (Å²) in [6.07, 6.45) is 5.00. The fraction of sp³-hybridized carbons (Fsp3) is 0.625. The second kappa shape index (κ2) is 9.33. The molecule has 0 amide bonds. The van der Waals surface area contributed by atoms with Gasteiger partial charge in [0.2, 0.25) is 0 Å². The highest BCUT2D eigenvalue weighted by Crippen LogP contribution is 2.30. The zero-order chi connectivity index (χ0) is 15.1. The number of hydrogen-bond donors (Lipinski definition) is 1. The monoisotopic (exact) mass is 502 g/mol. The Morgan fingerprint density at radius 3 is 2.40 bits per heavy atom. The van der Waals surface area contributed by atoms with E-state index in [1.54, 1.807) is 6.07 Å². The molecule has 0 heterocycles. The summed E-state index contributed by atoms with van der Waals surface area (Å²) in [5.41, 5.74) is 0. The molecule has 0 bridgehead atoms. The normalized spacial score (nSPS) is 12.7. The van der Waals surface area contributed by atoms with E-state index >= 15 is 0 Å². The second-order valence-corrected chi connectivity index (χ2v) is 8.13. The maximum Gasteiger partial charge on any atom is 0.133 e. The fourth-order valence-electron chi connectivity index (χ4n) is 2.02. The predicted octanol–water partition coefficient (Wildman–Crippen LogP) is 5.83. The van der Waals surface area contributed by atoms with Crippen LogP contribution in [0.4, 0.5) is 0 Å². The number of rotatable bonds is 8. The van der Waals surface area contributed by atoms with E-state index in [-0.39, 0.29) is 0 Å². The summed E-state index contributed by atoms with van der Waals surface area (Å²) < 4.78 is 7.65. The van der Waals surface area contributed by atoms with Crippen molar-refractivity contribution in [2.75, 3.05) is 6.61 Å². The molecule has 1 N–H and O–H groups in total. The van der Waals surface area contributed by atoms with E-state index in [1.165, 1.54) is 19.3 Å². The molecule has 1 unspecified atom stereocenters. The van der Waals surface area contributed by atoms with Crippen LogP contribution in [0.3, 0.4) is 0 Å². The number of ether oxygens (including phenoxy) is 1. The van der Waals surface area contributed by atoms with Gasteiger partial charge in [-0.3, -0.25) is 0 Å². The minimum Gasteiger partial charge on any atom is -0.507 e. The smallest absolute Gasteiger partial charge is 0.133 e. The van der Waals surface area contributed by atoms with Crippen LogP contribution in [0.5, 0.6) is 11.5 Å². The lowest BCUT2D eigenvalue weighted by Crippen LogP contribution is -2.05. The topological polar surface area (TPSA) is 29.5 Å². The molecule has 0 spiro atoms. The van der Waals surface area contributed by atoms with Crippen LogP contribution in [0.2, 0.25) is 0 Å². The van der Waals surface area contributed by atoms with Crippen molar-refractivity contribution < 1.29 is 9.84 Å². The summed E-state index contributed by atoms with van der Waals surface area (Å²) in [6.45, 7) is 7.61. The summed E-state index contributed by atoms with van der Waals surface area (Å²) in [5, 5.41) is 9.61. The Morgan fingerprint density at radius 1 is 1.05 bits per heavy atom. The van der Waals surface area contributed by atoms with Gasteiger partial charge in [-0.1, -0.05) is 40.0 Å². The summed E-state index contributed by atoms with van der Waals surface area (Å²) in [6, 6.07) is 3.66. The van der Waals surface area contributed by atoms with Crippen molar-refractivity contribution in [2.24, 2.45) is 11.8 Å². The van der Waals surface area contributed by atoms with Crippen LogP contribution in [-0.4, -0.2) is 11.7 Å². The van der Waals surface area contributed by atoms with E-state index in [2.05, 4.69) is 66.0 Å². The Balaban J connectivity index is 2.32. The number of benzene rings is 1. The summed E-state index contributed by atoms with van der Waals surface area (Å²) in [5.74, 6) is 2.72. The van der Waals surface area contributed by atoms with E-state index in [1.807, 2.05) is 6.07 Å². The Labute approximate surface area is 150 Å². The largest absolute Gasteiger partial charge is 0.507 e. The van der Waals surface area contributed by atoms with Crippen LogP contribution >= 0.6 is 45.2 Å². The molecule has 1 rings (SSSR count). The molecule has 2 nitrogen and oxygen atoms in total.